The maximum atomic E-state index is 12.2. The van der Waals surface area contributed by atoms with Gasteiger partial charge in [0.05, 0.1) is 5.69 Å². The van der Waals surface area contributed by atoms with E-state index in [1.54, 1.807) is 31.4 Å². The van der Waals surface area contributed by atoms with Gasteiger partial charge in [-0.3, -0.25) is 9.59 Å². The van der Waals surface area contributed by atoms with Crippen LogP contribution >= 0.6 is 0 Å². The number of nitrogens with zero attached hydrogens (tertiary/aromatic N) is 2. The average Bonchev–Trinajstić information content (AvgIpc) is 2.90. The van der Waals surface area contributed by atoms with Gasteiger partial charge in [-0.05, 0) is 44.2 Å². The summed E-state index contributed by atoms with van der Waals surface area (Å²) in [4.78, 5) is 28.1. The number of oxazole rings is 1. The molecule has 122 valence electrons. The number of amides is 1. The number of carbonyl (C=O) groups excluding carboxylic acids is 1. The summed E-state index contributed by atoms with van der Waals surface area (Å²) in [5, 5.41) is 2.76. The molecule has 0 saturated carbocycles. The van der Waals surface area contributed by atoms with E-state index in [-0.39, 0.29) is 11.5 Å². The van der Waals surface area contributed by atoms with Crippen molar-refractivity contribution in [2.24, 2.45) is 7.05 Å². The Morgan fingerprint density at radius 2 is 1.88 bits per heavy atom. The summed E-state index contributed by atoms with van der Waals surface area (Å²) in [5.41, 5.74) is 2.41. The highest BCUT2D eigenvalue weighted by atomic mass is 16.4. The van der Waals surface area contributed by atoms with E-state index in [1.165, 1.54) is 10.6 Å². The summed E-state index contributed by atoms with van der Waals surface area (Å²) in [6.07, 6.45) is 1.56. The topological polar surface area (TPSA) is 77.1 Å². The van der Waals surface area contributed by atoms with Crippen molar-refractivity contribution in [3.05, 3.63) is 70.0 Å². The fourth-order valence-electron chi connectivity index (χ4n) is 2.19. The summed E-state index contributed by atoms with van der Waals surface area (Å²) >= 11 is 0. The molecule has 0 aliphatic heterocycles. The van der Waals surface area contributed by atoms with E-state index in [9.17, 15) is 9.59 Å². The largest absolute Gasteiger partial charge is 0.441 e. The van der Waals surface area contributed by atoms with Gasteiger partial charge in [0.1, 0.15) is 5.76 Å². The van der Waals surface area contributed by atoms with Crippen molar-refractivity contribution in [2.75, 3.05) is 5.32 Å². The van der Waals surface area contributed by atoms with E-state index in [0.717, 1.165) is 17.0 Å². The molecule has 0 aliphatic carbocycles. The highest BCUT2D eigenvalue weighted by molar-refractivity contribution is 6.04. The monoisotopic (exact) mass is 323 g/mol. The first kappa shape index (κ1) is 15.7. The van der Waals surface area contributed by atoms with Crippen LogP contribution in [0.15, 0.2) is 51.8 Å². The summed E-state index contributed by atoms with van der Waals surface area (Å²) in [7, 11) is 1.63. The maximum absolute atomic E-state index is 12.2. The quantitative estimate of drug-likeness (QED) is 0.804. The molecule has 0 radical (unpaired) electrons. The summed E-state index contributed by atoms with van der Waals surface area (Å²) < 4.78 is 6.99. The van der Waals surface area contributed by atoms with Crippen molar-refractivity contribution in [1.82, 2.24) is 9.55 Å². The molecule has 24 heavy (non-hydrogen) atoms. The van der Waals surface area contributed by atoms with E-state index in [4.69, 9.17) is 4.42 Å². The van der Waals surface area contributed by atoms with Gasteiger partial charge in [0.2, 0.25) is 5.89 Å². The van der Waals surface area contributed by atoms with Crippen molar-refractivity contribution in [3.8, 4) is 11.5 Å². The molecule has 1 N–H and O–H groups in total. The van der Waals surface area contributed by atoms with Crippen LogP contribution in [0.25, 0.3) is 11.5 Å². The molecule has 1 aromatic carbocycles. The third-order valence-electron chi connectivity index (χ3n) is 3.78. The Labute approximate surface area is 138 Å². The average molecular weight is 323 g/mol. The minimum atomic E-state index is -0.330. The molecule has 0 atom stereocenters. The first-order valence-electron chi connectivity index (χ1n) is 7.46. The first-order valence-corrected chi connectivity index (χ1v) is 7.46. The van der Waals surface area contributed by atoms with Gasteiger partial charge >= 0.3 is 0 Å². The summed E-state index contributed by atoms with van der Waals surface area (Å²) in [6, 6.07) is 10.1. The Hall–Kier alpha value is -3.15. The molecule has 0 saturated heterocycles. The third-order valence-corrected chi connectivity index (χ3v) is 3.78. The van der Waals surface area contributed by atoms with Gasteiger partial charge in [0.15, 0.2) is 0 Å². The summed E-state index contributed by atoms with van der Waals surface area (Å²) in [6.45, 7) is 3.76. The van der Waals surface area contributed by atoms with Crippen LogP contribution in [0, 0.1) is 13.8 Å². The fourth-order valence-corrected chi connectivity index (χ4v) is 2.19. The number of hydrogen-bond acceptors (Lipinski definition) is 4. The minimum absolute atomic E-state index is 0.229. The maximum Gasteiger partial charge on any atom is 0.255 e. The van der Waals surface area contributed by atoms with Crippen molar-refractivity contribution >= 4 is 11.6 Å². The fraction of sp³-hybridized carbons (Fsp3) is 0.167. The second-order valence-corrected chi connectivity index (χ2v) is 5.56. The smallest absolute Gasteiger partial charge is 0.255 e. The number of anilines is 1. The van der Waals surface area contributed by atoms with E-state index in [2.05, 4.69) is 10.3 Å². The van der Waals surface area contributed by atoms with Crippen LogP contribution in [0.1, 0.15) is 21.8 Å². The zero-order valence-corrected chi connectivity index (χ0v) is 13.7. The summed E-state index contributed by atoms with van der Waals surface area (Å²) in [5.74, 6) is 1.01. The van der Waals surface area contributed by atoms with Crippen LogP contribution in [0.2, 0.25) is 0 Å². The van der Waals surface area contributed by atoms with Gasteiger partial charge < -0.3 is 14.3 Å². The lowest BCUT2D eigenvalue weighted by molar-refractivity contribution is 0.102. The third kappa shape index (κ3) is 3.12. The van der Waals surface area contributed by atoms with Gasteiger partial charge in [-0.25, -0.2) is 4.98 Å². The highest BCUT2D eigenvalue weighted by Crippen LogP contribution is 2.23. The van der Waals surface area contributed by atoms with Crippen molar-refractivity contribution in [3.63, 3.8) is 0 Å². The second-order valence-electron chi connectivity index (χ2n) is 5.56. The highest BCUT2D eigenvalue weighted by Gasteiger charge is 2.10. The number of aryl methyl sites for hydroxylation is 3. The molecule has 3 rings (SSSR count). The standard InChI is InChI=1S/C18H17N3O3/c1-11-12(2)24-18(19-11)13-4-6-15(7-5-13)20-17(23)14-8-9-21(3)16(22)10-14/h4-10H,1-3H3,(H,20,23). The van der Waals surface area contributed by atoms with Crippen molar-refractivity contribution < 1.29 is 9.21 Å². The van der Waals surface area contributed by atoms with Crippen LogP contribution in [0.4, 0.5) is 5.69 Å². The van der Waals surface area contributed by atoms with Crippen LogP contribution in [0.5, 0.6) is 0 Å². The molecular formula is C18H17N3O3. The number of pyridine rings is 1. The van der Waals surface area contributed by atoms with E-state index < -0.39 is 0 Å². The van der Waals surface area contributed by atoms with Gasteiger partial charge in [0, 0.05) is 36.1 Å². The Bertz CT molecular complexity index is 933. The Balaban J connectivity index is 1.77. The van der Waals surface area contributed by atoms with E-state index in [0.29, 0.717) is 17.1 Å². The van der Waals surface area contributed by atoms with Crippen molar-refractivity contribution in [1.29, 1.82) is 0 Å². The molecule has 2 aromatic heterocycles. The number of aromatic nitrogens is 2. The molecular weight excluding hydrogens is 306 g/mol. The number of rotatable bonds is 3. The molecule has 0 bridgehead atoms. The molecule has 6 heteroatoms. The van der Waals surface area contributed by atoms with Crippen LogP contribution in [0.3, 0.4) is 0 Å². The Kier molecular flexibility index (Phi) is 4.04. The lowest BCUT2D eigenvalue weighted by atomic mass is 10.2. The van der Waals surface area contributed by atoms with Gasteiger partial charge in [0.25, 0.3) is 11.5 Å². The number of nitrogens with one attached hydrogen (secondary N) is 1. The van der Waals surface area contributed by atoms with Crippen LogP contribution in [-0.4, -0.2) is 15.5 Å². The van der Waals surface area contributed by atoms with Crippen LogP contribution < -0.4 is 10.9 Å². The van der Waals surface area contributed by atoms with Crippen molar-refractivity contribution in [2.45, 2.75) is 13.8 Å². The molecule has 1 amide bonds. The SMILES string of the molecule is Cc1nc(-c2ccc(NC(=O)c3ccn(C)c(=O)c3)cc2)oc1C. The number of benzene rings is 1. The molecule has 2 heterocycles. The number of carbonyl (C=O) groups is 1. The normalized spacial score (nSPS) is 10.6. The predicted octanol–water partition coefficient (Wildman–Crippen LogP) is 2.91. The Morgan fingerprint density at radius 1 is 1.17 bits per heavy atom. The van der Waals surface area contributed by atoms with E-state index in [1.807, 2.05) is 26.0 Å². The zero-order valence-electron chi connectivity index (χ0n) is 13.7. The number of hydrogen-bond donors (Lipinski definition) is 1. The molecule has 0 spiro atoms. The Morgan fingerprint density at radius 3 is 2.46 bits per heavy atom. The molecule has 0 unspecified atom stereocenters. The molecule has 3 aromatic rings. The minimum Gasteiger partial charge on any atom is -0.441 e. The first-order chi connectivity index (χ1) is 11.4. The lowest BCUT2D eigenvalue weighted by Crippen LogP contribution is -2.19. The molecule has 0 aliphatic rings. The van der Waals surface area contributed by atoms with Gasteiger partial charge in [-0.15, -0.1) is 0 Å². The zero-order chi connectivity index (χ0) is 17.3. The predicted molar refractivity (Wildman–Crippen MR) is 91.0 cm³/mol. The van der Waals surface area contributed by atoms with Gasteiger partial charge in [-0.1, -0.05) is 0 Å². The van der Waals surface area contributed by atoms with E-state index >= 15 is 0 Å². The second kappa shape index (κ2) is 6.16. The molecule has 6 nitrogen and oxygen atoms in total. The lowest BCUT2D eigenvalue weighted by Gasteiger charge is -2.06. The van der Waals surface area contributed by atoms with Gasteiger partial charge in [-0.2, -0.15) is 0 Å². The molecule has 0 fully saturated rings. The van der Waals surface area contributed by atoms with Crippen LogP contribution in [-0.2, 0) is 7.05 Å².